The van der Waals surface area contributed by atoms with Gasteiger partial charge in [0.1, 0.15) is 6.04 Å². The highest BCUT2D eigenvalue weighted by molar-refractivity contribution is 5.86. The van der Waals surface area contributed by atoms with Gasteiger partial charge in [0, 0.05) is 6.04 Å². The van der Waals surface area contributed by atoms with Crippen LogP contribution in [-0.4, -0.2) is 41.7 Å². The molecule has 3 atom stereocenters. The van der Waals surface area contributed by atoms with Crippen LogP contribution in [0.2, 0.25) is 0 Å². The van der Waals surface area contributed by atoms with E-state index < -0.39 is 24.0 Å². The second kappa shape index (κ2) is 6.70. The van der Waals surface area contributed by atoms with Crippen molar-refractivity contribution in [3.05, 3.63) is 0 Å². The first-order valence-corrected chi connectivity index (χ1v) is 6.44. The van der Waals surface area contributed by atoms with Gasteiger partial charge < -0.3 is 21.5 Å². The Labute approximate surface area is 107 Å². The summed E-state index contributed by atoms with van der Waals surface area (Å²) in [7, 11) is 0. The Morgan fingerprint density at radius 3 is 2.61 bits per heavy atom. The molecule has 6 nitrogen and oxygen atoms in total. The van der Waals surface area contributed by atoms with Gasteiger partial charge in [-0.25, -0.2) is 4.79 Å². The number of aliphatic carboxylic acids is 1. The predicted octanol–water partition coefficient (Wildman–Crippen LogP) is -0.319. The van der Waals surface area contributed by atoms with E-state index in [0.717, 1.165) is 19.4 Å². The Morgan fingerprint density at radius 2 is 2.17 bits per heavy atom. The minimum absolute atomic E-state index is 0.0101. The molecule has 0 bridgehead atoms. The summed E-state index contributed by atoms with van der Waals surface area (Å²) in [6.45, 7) is 4.58. The van der Waals surface area contributed by atoms with Crippen molar-refractivity contribution in [1.82, 2.24) is 10.6 Å². The number of rotatable bonds is 6. The molecular weight excluding hydrogens is 234 g/mol. The topological polar surface area (TPSA) is 104 Å². The lowest BCUT2D eigenvalue weighted by atomic mass is 10.0. The number of carboxylic acids is 1. The van der Waals surface area contributed by atoms with Crippen LogP contribution >= 0.6 is 0 Å². The standard InChI is InChI=1S/C12H23N3O3/c1-7(2)10(13)11(16)15-9(12(17)18)6-8-4-3-5-14-8/h7-10,14H,3-6,13H2,1-2H3,(H,15,16)(H,17,18)/t8?,9-,10-/m0/s1. The number of carbonyl (C=O) groups excluding carboxylic acids is 1. The second-order valence-electron chi connectivity index (χ2n) is 5.20. The van der Waals surface area contributed by atoms with Crippen LogP contribution in [0.4, 0.5) is 0 Å². The van der Waals surface area contributed by atoms with E-state index in [1.807, 2.05) is 13.8 Å². The van der Waals surface area contributed by atoms with Crippen LogP contribution in [0.1, 0.15) is 33.1 Å². The molecule has 0 saturated carbocycles. The maximum absolute atomic E-state index is 11.8. The van der Waals surface area contributed by atoms with E-state index in [1.54, 1.807) is 0 Å². The third-order valence-electron chi connectivity index (χ3n) is 3.32. The van der Waals surface area contributed by atoms with Crippen LogP contribution in [0.5, 0.6) is 0 Å². The molecule has 1 unspecified atom stereocenters. The van der Waals surface area contributed by atoms with Crippen molar-refractivity contribution >= 4 is 11.9 Å². The fourth-order valence-electron chi connectivity index (χ4n) is 2.03. The number of hydrogen-bond acceptors (Lipinski definition) is 4. The Balaban J connectivity index is 2.51. The Hall–Kier alpha value is -1.14. The highest BCUT2D eigenvalue weighted by Crippen LogP contribution is 2.11. The van der Waals surface area contributed by atoms with Crippen LogP contribution in [-0.2, 0) is 9.59 Å². The van der Waals surface area contributed by atoms with Crippen LogP contribution in [0, 0.1) is 5.92 Å². The number of amides is 1. The molecule has 5 N–H and O–H groups in total. The van der Waals surface area contributed by atoms with Gasteiger partial charge in [-0.15, -0.1) is 0 Å². The summed E-state index contributed by atoms with van der Waals surface area (Å²) in [6.07, 6.45) is 2.41. The van der Waals surface area contributed by atoms with Gasteiger partial charge in [-0.05, 0) is 31.7 Å². The number of hydrogen-bond donors (Lipinski definition) is 4. The van der Waals surface area contributed by atoms with Crippen molar-refractivity contribution in [2.24, 2.45) is 11.7 Å². The molecule has 18 heavy (non-hydrogen) atoms. The molecule has 0 aromatic carbocycles. The van der Waals surface area contributed by atoms with E-state index in [1.165, 1.54) is 0 Å². The van der Waals surface area contributed by atoms with Gasteiger partial charge in [-0.2, -0.15) is 0 Å². The molecule has 0 spiro atoms. The van der Waals surface area contributed by atoms with E-state index in [-0.39, 0.29) is 12.0 Å². The van der Waals surface area contributed by atoms with Crippen molar-refractivity contribution < 1.29 is 14.7 Å². The van der Waals surface area contributed by atoms with Crippen LogP contribution < -0.4 is 16.4 Å². The van der Waals surface area contributed by atoms with Gasteiger partial charge in [0.2, 0.25) is 5.91 Å². The SMILES string of the molecule is CC(C)[C@H](N)C(=O)N[C@@H](CC1CCCN1)C(=O)O. The largest absolute Gasteiger partial charge is 0.480 e. The first kappa shape index (κ1) is 14.9. The van der Waals surface area contributed by atoms with Crippen LogP contribution in [0.3, 0.4) is 0 Å². The number of carbonyl (C=O) groups is 2. The highest BCUT2D eigenvalue weighted by atomic mass is 16.4. The molecular formula is C12H23N3O3. The normalized spacial score (nSPS) is 22.8. The smallest absolute Gasteiger partial charge is 0.326 e. The lowest BCUT2D eigenvalue weighted by molar-refractivity contribution is -0.142. The second-order valence-corrected chi connectivity index (χ2v) is 5.20. The fraction of sp³-hybridized carbons (Fsp3) is 0.833. The van der Waals surface area contributed by atoms with Crippen LogP contribution in [0.25, 0.3) is 0 Å². The number of carboxylic acid groups (broad SMARTS) is 1. The Morgan fingerprint density at radius 1 is 1.50 bits per heavy atom. The summed E-state index contributed by atoms with van der Waals surface area (Å²) in [6, 6.07) is -1.36. The quantitative estimate of drug-likeness (QED) is 0.522. The number of nitrogens with one attached hydrogen (secondary N) is 2. The van der Waals surface area contributed by atoms with Gasteiger partial charge in [-0.1, -0.05) is 13.8 Å². The van der Waals surface area contributed by atoms with E-state index in [0.29, 0.717) is 6.42 Å². The Kier molecular flexibility index (Phi) is 5.55. The molecule has 1 aliphatic rings. The molecule has 1 aliphatic heterocycles. The average Bonchev–Trinajstić information content (AvgIpc) is 2.79. The first-order chi connectivity index (χ1) is 8.41. The monoisotopic (exact) mass is 257 g/mol. The summed E-state index contributed by atoms with van der Waals surface area (Å²) >= 11 is 0. The van der Waals surface area contributed by atoms with Crippen molar-refractivity contribution in [3.63, 3.8) is 0 Å². The maximum Gasteiger partial charge on any atom is 0.326 e. The highest BCUT2D eigenvalue weighted by Gasteiger charge is 2.28. The van der Waals surface area contributed by atoms with Gasteiger partial charge in [0.05, 0.1) is 6.04 Å². The van der Waals surface area contributed by atoms with E-state index >= 15 is 0 Å². The van der Waals surface area contributed by atoms with Gasteiger partial charge in [0.25, 0.3) is 0 Å². The van der Waals surface area contributed by atoms with E-state index in [2.05, 4.69) is 10.6 Å². The summed E-state index contributed by atoms with van der Waals surface area (Å²) in [5, 5.41) is 14.9. The van der Waals surface area contributed by atoms with Crippen molar-refractivity contribution in [2.45, 2.75) is 51.2 Å². The summed E-state index contributed by atoms with van der Waals surface area (Å²) in [4.78, 5) is 22.9. The maximum atomic E-state index is 11.8. The van der Waals surface area contributed by atoms with Gasteiger partial charge in [-0.3, -0.25) is 4.79 Å². The minimum Gasteiger partial charge on any atom is -0.480 e. The van der Waals surface area contributed by atoms with Crippen molar-refractivity contribution in [3.8, 4) is 0 Å². The molecule has 1 saturated heterocycles. The molecule has 1 amide bonds. The van der Waals surface area contributed by atoms with E-state index in [4.69, 9.17) is 10.8 Å². The summed E-state index contributed by atoms with van der Waals surface area (Å²) in [5.74, 6) is -1.41. The molecule has 6 heteroatoms. The lowest BCUT2D eigenvalue weighted by Gasteiger charge is -2.22. The first-order valence-electron chi connectivity index (χ1n) is 6.44. The third-order valence-corrected chi connectivity index (χ3v) is 3.32. The third kappa shape index (κ3) is 4.27. The molecule has 1 heterocycles. The number of nitrogens with two attached hydrogens (primary N) is 1. The zero-order valence-corrected chi connectivity index (χ0v) is 11.0. The zero-order chi connectivity index (χ0) is 13.7. The summed E-state index contributed by atoms with van der Waals surface area (Å²) in [5.41, 5.74) is 5.70. The van der Waals surface area contributed by atoms with E-state index in [9.17, 15) is 9.59 Å². The predicted molar refractivity (Wildman–Crippen MR) is 68.0 cm³/mol. The zero-order valence-electron chi connectivity index (χ0n) is 11.0. The molecule has 104 valence electrons. The molecule has 1 rings (SSSR count). The molecule has 0 aliphatic carbocycles. The minimum atomic E-state index is -1.01. The summed E-state index contributed by atoms with van der Waals surface area (Å²) < 4.78 is 0. The molecule has 0 aromatic heterocycles. The fourth-order valence-corrected chi connectivity index (χ4v) is 2.03. The molecule has 0 radical (unpaired) electrons. The Bertz CT molecular complexity index is 301. The van der Waals surface area contributed by atoms with Gasteiger partial charge >= 0.3 is 5.97 Å². The average molecular weight is 257 g/mol. The molecule has 0 aromatic rings. The van der Waals surface area contributed by atoms with Crippen molar-refractivity contribution in [2.75, 3.05) is 6.54 Å². The molecule has 1 fully saturated rings. The van der Waals surface area contributed by atoms with Crippen molar-refractivity contribution in [1.29, 1.82) is 0 Å². The van der Waals surface area contributed by atoms with Gasteiger partial charge in [0.15, 0.2) is 0 Å². The lowest BCUT2D eigenvalue weighted by Crippen LogP contribution is -2.51. The van der Waals surface area contributed by atoms with Crippen LogP contribution in [0.15, 0.2) is 0 Å².